The van der Waals surface area contributed by atoms with E-state index in [9.17, 15) is 23.3 Å². The fourth-order valence-electron chi connectivity index (χ4n) is 0.952. The zero-order valence-corrected chi connectivity index (χ0v) is 10.3. The lowest BCUT2D eigenvalue weighted by molar-refractivity contribution is -0.391. The number of methoxy groups -OCH3 is 1. The summed E-state index contributed by atoms with van der Waals surface area (Å²) in [7, 11) is 1.15. The highest BCUT2D eigenvalue weighted by Crippen LogP contribution is 2.34. The van der Waals surface area contributed by atoms with E-state index in [0.29, 0.717) is 0 Å². The highest BCUT2D eigenvalue weighted by Gasteiger charge is 2.35. The zero-order chi connectivity index (χ0) is 13.2. The van der Waals surface area contributed by atoms with Crippen LogP contribution < -0.4 is 9.47 Å². The van der Waals surface area contributed by atoms with Gasteiger partial charge in [0.15, 0.2) is 0 Å². The largest absolute Gasteiger partial charge is 0.575 e. The number of hydrogen-bond donors (Lipinski definition) is 0. The molecule has 17 heavy (non-hydrogen) atoms. The summed E-state index contributed by atoms with van der Waals surface area (Å²) >= 11 is 1.58. The van der Waals surface area contributed by atoms with Gasteiger partial charge < -0.3 is 19.6 Å². The summed E-state index contributed by atoms with van der Waals surface area (Å²) in [4.78, 5) is 12.7. The van der Waals surface area contributed by atoms with E-state index in [2.05, 4.69) is 14.5 Å². The molecule has 1 aromatic heterocycles. The van der Waals surface area contributed by atoms with Crippen LogP contribution in [0.2, 0.25) is 0 Å². The van der Waals surface area contributed by atoms with Crippen molar-refractivity contribution in [2.45, 2.75) is 6.36 Å². The number of pyridine rings is 1. The monoisotopic (exact) mass is 364 g/mol. The zero-order valence-electron chi connectivity index (χ0n) is 8.12. The number of halogens is 4. The maximum atomic E-state index is 11.9. The molecule has 0 spiro atoms. The third-order valence-corrected chi connectivity index (χ3v) is 2.28. The van der Waals surface area contributed by atoms with Crippen LogP contribution in [0.1, 0.15) is 0 Å². The Bertz CT molecular complexity index is 451. The average molecular weight is 364 g/mol. The fraction of sp³-hybridized carbons (Fsp3) is 0.286. The molecule has 0 atom stereocenters. The van der Waals surface area contributed by atoms with Gasteiger partial charge in [-0.25, -0.2) is 0 Å². The molecule has 0 bridgehead atoms. The van der Waals surface area contributed by atoms with Gasteiger partial charge >= 0.3 is 18.1 Å². The van der Waals surface area contributed by atoms with E-state index < -0.39 is 23.0 Å². The van der Waals surface area contributed by atoms with Crippen LogP contribution in [-0.4, -0.2) is 23.4 Å². The van der Waals surface area contributed by atoms with Gasteiger partial charge in [-0.05, 0) is 27.5 Å². The Morgan fingerprint density at radius 2 is 2.12 bits per heavy atom. The Hall–Kier alpha value is -1.33. The van der Waals surface area contributed by atoms with E-state index in [1.54, 1.807) is 22.6 Å². The van der Waals surface area contributed by atoms with E-state index >= 15 is 0 Å². The smallest absolute Gasteiger partial charge is 0.488 e. The first-order chi connectivity index (χ1) is 7.74. The minimum atomic E-state index is -4.96. The molecular formula is C7H4F3IN2O4. The Kier molecular flexibility index (Phi) is 3.95. The lowest BCUT2D eigenvalue weighted by Gasteiger charge is -2.07. The summed E-state index contributed by atoms with van der Waals surface area (Å²) < 4.78 is 44.0. The first-order valence-electron chi connectivity index (χ1n) is 3.89. The van der Waals surface area contributed by atoms with Crippen LogP contribution in [0.15, 0.2) is 6.07 Å². The van der Waals surface area contributed by atoms with Gasteiger partial charge in [-0.15, -0.1) is 13.2 Å². The summed E-state index contributed by atoms with van der Waals surface area (Å²) in [6.07, 6.45) is -4.96. The number of ether oxygens (including phenoxy) is 2. The maximum Gasteiger partial charge on any atom is 0.575 e. The molecule has 0 aliphatic heterocycles. The lowest BCUT2D eigenvalue weighted by atomic mass is 10.4. The number of hydrogen-bond acceptors (Lipinski definition) is 5. The molecule has 0 unspecified atom stereocenters. The maximum absolute atomic E-state index is 11.9. The van der Waals surface area contributed by atoms with Crippen molar-refractivity contribution in [3.05, 3.63) is 19.8 Å². The normalized spacial score (nSPS) is 11.1. The SMILES string of the molecule is COc1c(I)cc(OC(F)(F)F)nc1[N+](=O)[O-]. The molecule has 0 saturated carbocycles. The van der Waals surface area contributed by atoms with Gasteiger partial charge in [0.25, 0.3) is 0 Å². The molecule has 0 N–H and O–H groups in total. The highest BCUT2D eigenvalue weighted by atomic mass is 127. The van der Waals surface area contributed by atoms with E-state index in [0.717, 1.165) is 13.2 Å². The quantitative estimate of drug-likeness (QED) is 0.468. The number of alkyl halides is 3. The molecule has 0 fully saturated rings. The standard InChI is InChI=1S/C7H4F3IN2O4/c1-16-5-3(11)2-4(17-7(8,9)10)12-6(5)13(14)15/h2H,1H3. The minimum absolute atomic E-state index is 0.0889. The summed E-state index contributed by atoms with van der Waals surface area (Å²) in [5.41, 5.74) is 0. The molecule has 0 radical (unpaired) electrons. The molecule has 94 valence electrons. The molecular weight excluding hydrogens is 360 g/mol. The molecule has 1 heterocycles. The Morgan fingerprint density at radius 1 is 1.53 bits per heavy atom. The summed E-state index contributed by atoms with van der Waals surface area (Å²) in [6, 6.07) is 0.889. The Morgan fingerprint density at radius 3 is 2.53 bits per heavy atom. The van der Waals surface area contributed by atoms with Gasteiger partial charge in [-0.2, -0.15) is 0 Å². The molecule has 6 nitrogen and oxygen atoms in total. The van der Waals surface area contributed by atoms with Gasteiger partial charge in [-0.3, -0.25) is 0 Å². The van der Waals surface area contributed by atoms with Crippen molar-refractivity contribution in [3.8, 4) is 11.6 Å². The van der Waals surface area contributed by atoms with Crippen LogP contribution in [-0.2, 0) is 0 Å². The van der Waals surface area contributed by atoms with Crippen molar-refractivity contribution >= 4 is 28.4 Å². The number of nitro groups is 1. The van der Waals surface area contributed by atoms with Crippen molar-refractivity contribution < 1.29 is 27.6 Å². The number of nitrogens with zero attached hydrogens (tertiary/aromatic N) is 2. The Balaban J connectivity index is 3.25. The van der Waals surface area contributed by atoms with Gasteiger partial charge in [0.2, 0.25) is 5.75 Å². The van der Waals surface area contributed by atoms with E-state index in [-0.39, 0.29) is 9.32 Å². The van der Waals surface area contributed by atoms with Crippen LogP contribution in [0.25, 0.3) is 0 Å². The highest BCUT2D eigenvalue weighted by molar-refractivity contribution is 14.1. The molecule has 1 aromatic rings. The van der Waals surface area contributed by atoms with Crippen LogP contribution >= 0.6 is 22.6 Å². The molecule has 0 aliphatic rings. The molecule has 10 heteroatoms. The van der Waals surface area contributed by atoms with Gasteiger partial charge in [-0.1, -0.05) is 0 Å². The van der Waals surface area contributed by atoms with Crippen LogP contribution in [0.3, 0.4) is 0 Å². The summed E-state index contributed by atoms with van der Waals surface area (Å²) in [5, 5.41) is 10.6. The topological polar surface area (TPSA) is 74.5 Å². The number of rotatable bonds is 3. The lowest BCUT2D eigenvalue weighted by Crippen LogP contribution is -2.18. The third kappa shape index (κ3) is 3.57. The number of aromatic nitrogens is 1. The van der Waals surface area contributed by atoms with Gasteiger partial charge in [0, 0.05) is 11.1 Å². The van der Waals surface area contributed by atoms with Crippen molar-refractivity contribution in [2.24, 2.45) is 0 Å². The van der Waals surface area contributed by atoms with E-state index in [1.807, 2.05) is 0 Å². The summed E-state index contributed by atoms with van der Waals surface area (Å²) in [5.74, 6) is -1.96. The van der Waals surface area contributed by atoms with Gasteiger partial charge in [0.1, 0.15) is 0 Å². The van der Waals surface area contributed by atoms with Crippen molar-refractivity contribution in [2.75, 3.05) is 7.11 Å². The van der Waals surface area contributed by atoms with Crippen LogP contribution in [0, 0.1) is 13.7 Å². The minimum Gasteiger partial charge on any atom is -0.488 e. The van der Waals surface area contributed by atoms with E-state index in [1.165, 1.54) is 0 Å². The second kappa shape index (κ2) is 4.89. The predicted octanol–water partition coefficient (Wildman–Crippen LogP) is 2.50. The second-order valence-corrected chi connectivity index (χ2v) is 3.77. The van der Waals surface area contributed by atoms with Crippen LogP contribution in [0.5, 0.6) is 11.6 Å². The van der Waals surface area contributed by atoms with Crippen molar-refractivity contribution in [1.82, 2.24) is 4.98 Å². The van der Waals surface area contributed by atoms with Crippen LogP contribution in [0.4, 0.5) is 19.0 Å². The average Bonchev–Trinajstić information content (AvgIpc) is 2.13. The molecule has 0 amide bonds. The first kappa shape index (κ1) is 13.7. The fourth-order valence-corrected chi connectivity index (χ4v) is 1.68. The van der Waals surface area contributed by atoms with Crippen molar-refractivity contribution in [3.63, 3.8) is 0 Å². The summed E-state index contributed by atoms with van der Waals surface area (Å²) in [6.45, 7) is 0. The molecule has 0 saturated heterocycles. The molecule has 0 aromatic carbocycles. The predicted molar refractivity (Wildman–Crippen MR) is 56.8 cm³/mol. The van der Waals surface area contributed by atoms with Gasteiger partial charge in [0.05, 0.1) is 10.7 Å². The van der Waals surface area contributed by atoms with E-state index in [4.69, 9.17) is 0 Å². The Labute approximate surface area is 106 Å². The molecule has 0 aliphatic carbocycles. The van der Waals surface area contributed by atoms with Crippen molar-refractivity contribution in [1.29, 1.82) is 0 Å². The first-order valence-corrected chi connectivity index (χ1v) is 4.97. The second-order valence-electron chi connectivity index (χ2n) is 2.60. The third-order valence-electron chi connectivity index (χ3n) is 1.48. The molecule has 1 rings (SSSR count).